The third-order valence-electron chi connectivity index (χ3n) is 11.7. The number of methoxy groups -OCH3 is 4. The van der Waals surface area contributed by atoms with Crippen LogP contribution in [-0.4, -0.2) is 120 Å². The summed E-state index contributed by atoms with van der Waals surface area (Å²) in [6.45, 7) is 4.55. The fraction of sp³-hybridized carbons (Fsp3) is 0.409. The first kappa shape index (κ1) is 41.9. The van der Waals surface area contributed by atoms with Gasteiger partial charge >= 0.3 is 12.2 Å². The fourth-order valence-electron chi connectivity index (χ4n) is 8.13. The molecule has 0 bridgehead atoms. The van der Waals surface area contributed by atoms with Gasteiger partial charge in [0.15, 0.2) is 0 Å². The summed E-state index contributed by atoms with van der Waals surface area (Å²) in [7, 11) is 5.52. The lowest BCUT2D eigenvalue weighted by atomic mass is 9.98. The van der Waals surface area contributed by atoms with Crippen LogP contribution in [0.25, 0.3) is 44.4 Å². The molecule has 2 aliphatic rings. The minimum absolute atomic E-state index is 0.248. The summed E-state index contributed by atoms with van der Waals surface area (Å²) in [5, 5.41) is 7.41. The lowest BCUT2D eigenvalue weighted by molar-refractivity contribution is -0.138. The van der Waals surface area contributed by atoms with Gasteiger partial charge in [-0.1, -0.05) is 48.5 Å². The molecule has 60 heavy (non-hydrogen) atoms. The second-order valence-corrected chi connectivity index (χ2v) is 15.2. The van der Waals surface area contributed by atoms with Gasteiger partial charge in [0.05, 0.1) is 62.3 Å². The molecular formula is C44H52N8O8. The van der Waals surface area contributed by atoms with Gasteiger partial charge in [0, 0.05) is 32.9 Å². The first-order valence-corrected chi connectivity index (χ1v) is 20.1. The highest BCUT2D eigenvalue weighted by Gasteiger charge is 2.40. The number of nitrogens with zero attached hydrogens (tertiary/aromatic N) is 4. The number of fused-ring (bicyclic) bond motifs is 1. The van der Waals surface area contributed by atoms with Crippen LogP contribution >= 0.6 is 0 Å². The van der Waals surface area contributed by atoms with E-state index >= 15 is 0 Å². The normalized spacial score (nSPS) is 18.5. The van der Waals surface area contributed by atoms with Gasteiger partial charge in [-0.25, -0.2) is 19.6 Å². The Kier molecular flexibility index (Phi) is 12.8. The predicted molar refractivity (Wildman–Crippen MR) is 224 cm³/mol. The van der Waals surface area contributed by atoms with Crippen LogP contribution in [0.4, 0.5) is 9.59 Å². The zero-order valence-electron chi connectivity index (χ0n) is 34.7. The average Bonchev–Trinajstić information content (AvgIpc) is 4.13. The molecule has 316 valence electrons. The van der Waals surface area contributed by atoms with E-state index in [0.717, 1.165) is 70.1 Å². The third-order valence-corrected chi connectivity index (χ3v) is 11.7. The van der Waals surface area contributed by atoms with Crippen molar-refractivity contribution in [2.75, 3.05) is 41.5 Å². The maximum absolute atomic E-state index is 13.7. The molecule has 0 radical (unpaired) electrons. The number of alkyl carbamates (subject to hydrolysis) is 2. The Morgan fingerprint density at radius 1 is 0.617 bits per heavy atom. The van der Waals surface area contributed by atoms with Crippen molar-refractivity contribution < 1.29 is 38.1 Å². The van der Waals surface area contributed by atoms with E-state index in [4.69, 9.17) is 23.9 Å². The number of ether oxygens (including phenoxy) is 4. The highest BCUT2D eigenvalue weighted by atomic mass is 16.5. The highest BCUT2D eigenvalue weighted by Crippen LogP contribution is 2.35. The van der Waals surface area contributed by atoms with E-state index in [0.29, 0.717) is 24.7 Å². The minimum atomic E-state index is -0.899. The number of amides is 4. The topological polar surface area (TPSA) is 193 Å². The number of likely N-dealkylation sites (tertiary alicyclic amines) is 2. The molecule has 2 fully saturated rings. The number of imidazole rings is 2. The first-order chi connectivity index (χ1) is 29.0. The monoisotopic (exact) mass is 820 g/mol. The number of hydrogen-bond donors (Lipinski definition) is 4. The van der Waals surface area contributed by atoms with E-state index in [-0.39, 0.29) is 23.9 Å². The number of H-pyrrole nitrogens is 2. The van der Waals surface area contributed by atoms with E-state index in [1.54, 1.807) is 36.0 Å². The zero-order chi connectivity index (χ0) is 42.5. The molecule has 4 amide bonds. The van der Waals surface area contributed by atoms with Crippen LogP contribution in [0, 0.1) is 0 Å². The van der Waals surface area contributed by atoms with Gasteiger partial charge in [-0.05, 0) is 79.1 Å². The lowest BCUT2D eigenvalue weighted by Crippen LogP contribution is -2.54. The van der Waals surface area contributed by atoms with Gasteiger partial charge in [-0.3, -0.25) is 9.59 Å². The predicted octanol–water partition coefficient (Wildman–Crippen LogP) is 6.13. The molecule has 2 aliphatic heterocycles. The first-order valence-electron chi connectivity index (χ1n) is 20.1. The van der Waals surface area contributed by atoms with E-state index < -0.39 is 36.5 Å². The summed E-state index contributed by atoms with van der Waals surface area (Å²) in [5.74, 6) is 0.882. The number of rotatable bonds is 13. The number of carbonyl (C=O) groups is 4. The Morgan fingerprint density at radius 2 is 1.03 bits per heavy atom. The standard InChI is InChI=1S/C44H52N8O8/c1-25(57-3)37(49-43(55)59-5)41(53)51-19-7-9-35(51)39-45-23-33(47-39)28-13-11-27(12-14-28)29-15-16-31-22-32(18-17-30(31)21-29)34-24-46-40(48-34)36-10-8-20-52(36)42(54)38(26(2)58-4)50-44(56)60-6/h11-18,21-26,35-38H,7-10,19-20H2,1-6H3,(H,45,47)(H,46,48)(H,49,55)(H,50,56)/t25-,26-,35+,36+,37?,38+/m1/s1. The Bertz CT molecular complexity index is 2330. The minimum Gasteiger partial charge on any atom is -0.453 e. The summed E-state index contributed by atoms with van der Waals surface area (Å²) in [6, 6.07) is 18.6. The number of aromatic nitrogens is 4. The molecule has 2 saturated heterocycles. The average molecular weight is 821 g/mol. The zero-order valence-corrected chi connectivity index (χ0v) is 34.7. The van der Waals surface area contributed by atoms with E-state index in [1.807, 2.05) is 0 Å². The number of nitrogens with one attached hydrogen (secondary N) is 4. The Labute approximate surface area is 348 Å². The maximum Gasteiger partial charge on any atom is 0.407 e. The van der Waals surface area contributed by atoms with E-state index in [9.17, 15) is 19.2 Å². The molecule has 2 aromatic heterocycles. The molecule has 7 rings (SSSR count). The van der Waals surface area contributed by atoms with Crippen LogP contribution in [0.15, 0.2) is 73.1 Å². The smallest absolute Gasteiger partial charge is 0.407 e. The number of aromatic amines is 2. The van der Waals surface area contributed by atoms with Crippen molar-refractivity contribution in [3.63, 3.8) is 0 Å². The number of benzene rings is 3. The van der Waals surface area contributed by atoms with E-state index in [1.165, 1.54) is 28.4 Å². The SMILES string of the molecule is COC(=O)NC(C(=O)N1CCC[C@H]1c1ncc(-c2ccc(-c3ccc4cc(-c5cnc([C@@H]6CCCN6C(=O)[C@@H](NC(=O)OC)[C@@H](C)OC)[nH]5)ccc4c3)cc2)[nH]1)[C@@H](C)OC. The summed E-state index contributed by atoms with van der Waals surface area (Å²) >= 11 is 0. The molecule has 3 aromatic carbocycles. The van der Waals surface area contributed by atoms with Gasteiger partial charge in [0.25, 0.3) is 0 Å². The van der Waals surface area contributed by atoms with Gasteiger partial charge in [0.1, 0.15) is 23.7 Å². The van der Waals surface area contributed by atoms with Crippen molar-refractivity contribution in [2.45, 2.75) is 75.9 Å². The molecule has 0 aliphatic carbocycles. The van der Waals surface area contributed by atoms with Crippen LogP contribution < -0.4 is 10.6 Å². The van der Waals surface area contributed by atoms with E-state index in [2.05, 4.69) is 86.2 Å². The summed E-state index contributed by atoms with van der Waals surface area (Å²) in [4.78, 5) is 71.1. The third kappa shape index (κ3) is 8.70. The van der Waals surface area contributed by atoms with Crippen LogP contribution in [0.1, 0.15) is 63.3 Å². The molecule has 6 atom stereocenters. The summed E-state index contributed by atoms with van der Waals surface area (Å²) in [5.41, 5.74) is 5.75. The maximum atomic E-state index is 13.7. The van der Waals surface area contributed by atoms with Crippen molar-refractivity contribution in [3.8, 4) is 33.6 Å². The second-order valence-electron chi connectivity index (χ2n) is 15.2. The van der Waals surface area contributed by atoms with Gasteiger partial charge in [-0.2, -0.15) is 0 Å². The van der Waals surface area contributed by atoms with Crippen molar-refractivity contribution in [2.24, 2.45) is 0 Å². The Morgan fingerprint density at radius 3 is 1.50 bits per heavy atom. The van der Waals surface area contributed by atoms with Crippen molar-refractivity contribution in [3.05, 3.63) is 84.7 Å². The molecular weight excluding hydrogens is 769 g/mol. The Balaban J connectivity index is 1.03. The van der Waals surface area contributed by atoms with Crippen LogP contribution in [0.2, 0.25) is 0 Å². The molecule has 0 saturated carbocycles. The largest absolute Gasteiger partial charge is 0.453 e. The quantitative estimate of drug-likeness (QED) is 0.107. The number of hydrogen-bond acceptors (Lipinski definition) is 10. The molecule has 4 heterocycles. The fourth-order valence-corrected chi connectivity index (χ4v) is 8.13. The van der Waals surface area contributed by atoms with Crippen molar-refractivity contribution >= 4 is 34.8 Å². The van der Waals surface area contributed by atoms with Crippen molar-refractivity contribution in [1.82, 2.24) is 40.4 Å². The van der Waals surface area contributed by atoms with Crippen molar-refractivity contribution in [1.29, 1.82) is 0 Å². The summed E-state index contributed by atoms with van der Waals surface area (Å²) in [6.07, 6.45) is 4.18. The molecule has 4 N–H and O–H groups in total. The molecule has 5 aromatic rings. The molecule has 0 spiro atoms. The molecule has 1 unspecified atom stereocenters. The summed E-state index contributed by atoms with van der Waals surface area (Å²) < 4.78 is 20.3. The van der Waals surface area contributed by atoms with Crippen LogP contribution in [0.5, 0.6) is 0 Å². The van der Waals surface area contributed by atoms with Gasteiger partial charge in [-0.15, -0.1) is 0 Å². The molecule has 16 heteroatoms. The molecule has 16 nitrogen and oxygen atoms in total. The number of carbonyl (C=O) groups excluding carboxylic acids is 4. The van der Waals surface area contributed by atoms with Gasteiger partial charge < -0.3 is 49.3 Å². The van der Waals surface area contributed by atoms with Crippen LogP contribution in [0.3, 0.4) is 0 Å². The highest BCUT2D eigenvalue weighted by molar-refractivity contribution is 5.91. The van der Waals surface area contributed by atoms with Crippen LogP contribution in [-0.2, 0) is 28.5 Å². The Hall–Kier alpha value is -6.26. The lowest BCUT2D eigenvalue weighted by Gasteiger charge is -2.30. The van der Waals surface area contributed by atoms with Gasteiger partial charge in [0.2, 0.25) is 11.8 Å². The second kappa shape index (κ2) is 18.3.